The molecule has 2 aromatic heterocycles. The molecule has 3 heteroatoms. The number of benzene rings is 4. The molecule has 0 amide bonds. The van der Waals surface area contributed by atoms with Crippen molar-refractivity contribution in [1.82, 2.24) is 9.97 Å². The SMILES string of the molecule is [Be+2].[H-].[H-].c1ccc2c(c1)ccc1cccnc12.c1ccc2c(c1)ccc1cccnc12. The zero-order chi connectivity index (χ0) is 18.8. The predicted octanol–water partition coefficient (Wildman–Crippen LogP) is 6.62. The molecule has 0 unspecified atom stereocenters. The second kappa shape index (κ2) is 8.18. The first-order chi connectivity index (χ1) is 13.9. The Morgan fingerprint density at radius 1 is 0.414 bits per heavy atom. The smallest absolute Gasteiger partial charge is 1.00 e. The van der Waals surface area contributed by atoms with Crippen LogP contribution < -0.4 is 0 Å². The van der Waals surface area contributed by atoms with Gasteiger partial charge in [0.25, 0.3) is 0 Å². The molecule has 0 aliphatic carbocycles. The van der Waals surface area contributed by atoms with Crippen LogP contribution in [-0.2, 0) is 0 Å². The molecule has 29 heavy (non-hydrogen) atoms. The van der Waals surface area contributed by atoms with Gasteiger partial charge in [0.05, 0.1) is 11.0 Å². The Bertz CT molecular complexity index is 1220. The van der Waals surface area contributed by atoms with Gasteiger partial charge in [-0.1, -0.05) is 84.9 Å². The van der Waals surface area contributed by atoms with Crippen LogP contribution in [0, 0.1) is 0 Å². The van der Waals surface area contributed by atoms with Crippen LogP contribution in [0.15, 0.2) is 109 Å². The van der Waals surface area contributed by atoms with E-state index in [1.807, 2.05) is 24.5 Å². The van der Waals surface area contributed by atoms with E-state index < -0.39 is 0 Å². The van der Waals surface area contributed by atoms with E-state index in [2.05, 4.69) is 94.9 Å². The molecule has 2 nitrogen and oxygen atoms in total. The maximum absolute atomic E-state index is 4.41. The maximum Gasteiger partial charge on any atom is 2.00 e. The number of nitrogens with zero attached hydrogens (tertiary/aromatic N) is 2. The Kier molecular flexibility index (Phi) is 5.28. The quantitative estimate of drug-likeness (QED) is 0.222. The summed E-state index contributed by atoms with van der Waals surface area (Å²) in [6.45, 7) is 0. The van der Waals surface area contributed by atoms with Crippen LogP contribution in [0.2, 0.25) is 0 Å². The minimum Gasteiger partial charge on any atom is -1.00 e. The van der Waals surface area contributed by atoms with Gasteiger partial charge in [0.2, 0.25) is 0 Å². The first kappa shape index (κ1) is 18.7. The Labute approximate surface area is 176 Å². The van der Waals surface area contributed by atoms with E-state index in [-0.39, 0.29) is 13.0 Å². The van der Waals surface area contributed by atoms with Crippen molar-refractivity contribution < 1.29 is 2.85 Å². The normalized spacial score (nSPS) is 10.5. The third-order valence-corrected chi connectivity index (χ3v) is 4.99. The van der Waals surface area contributed by atoms with Gasteiger partial charge >= 0.3 is 10.1 Å². The zero-order valence-electron chi connectivity index (χ0n) is 18.0. The summed E-state index contributed by atoms with van der Waals surface area (Å²) in [5.74, 6) is 0. The molecule has 0 bridgehead atoms. The summed E-state index contributed by atoms with van der Waals surface area (Å²) in [7, 11) is 0. The molecule has 4 aromatic carbocycles. The Balaban J connectivity index is 0.000000201. The summed E-state index contributed by atoms with van der Waals surface area (Å²) < 4.78 is 0. The van der Waals surface area contributed by atoms with E-state index in [1.54, 1.807) is 0 Å². The van der Waals surface area contributed by atoms with Crippen LogP contribution in [0.5, 0.6) is 0 Å². The summed E-state index contributed by atoms with van der Waals surface area (Å²) in [5.41, 5.74) is 2.18. The molecule has 0 saturated carbocycles. The Hall–Kier alpha value is -3.61. The summed E-state index contributed by atoms with van der Waals surface area (Å²) in [6.07, 6.45) is 3.68. The van der Waals surface area contributed by atoms with E-state index in [0.717, 1.165) is 11.0 Å². The molecule has 6 rings (SSSR count). The van der Waals surface area contributed by atoms with Crippen molar-refractivity contribution in [2.45, 2.75) is 0 Å². The number of hydrogen-bond donors (Lipinski definition) is 0. The fourth-order valence-corrected chi connectivity index (χ4v) is 3.63. The number of pyridine rings is 2. The largest absolute Gasteiger partial charge is 2.00 e. The average molecular weight is 369 g/mol. The topological polar surface area (TPSA) is 25.8 Å². The monoisotopic (exact) mass is 369 g/mol. The third kappa shape index (κ3) is 3.59. The van der Waals surface area contributed by atoms with Gasteiger partial charge in [-0.05, 0) is 22.9 Å². The van der Waals surface area contributed by atoms with Crippen LogP contribution in [-0.4, -0.2) is 20.1 Å². The van der Waals surface area contributed by atoms with E-state index in [0.29, 0.717) is 0 Å². The first-order valence-corrected chi connectivity index (χ1v) is 9.35. The maximum atomic E-state index is 4.41. The first-order valence-electron chi connectivity index (χ1n) is 9.35. The molecule has 0 N–H and O–H groups in total. The van der Waals surface area contributed by atoms with Crippen molar-refractivity contribution in [1.29, 1.82) is 0 Å². The van der Waals surface area contributed by atoms with Crippen molar-refractivity contribution >= 4 is 53.5 Å². The van der Waals surface area contributed by atoms with Crippen LogP contribution >= 0.6 is 0 Å². The minimum absolute atomic E-state index is 0. The van der Waals surface area contributed by atoms with Crippen LogP contribution in [0.1, 0.15) is 2.85 Å². The van der Waals surface area contributed by atoms with E-state index in [4.69, 9.17) is 0 Å². The van der Waals surface area contributed by atoms with Crippen LogP contribution in [0.4, 0.5) is 0 Å². The van der Waals surface area contributed by atoms with Gasteiger partial charge in [-0.3, -0.25) is 9.97 Å². The summed E-state index contributed by atoms with van der Waals surface area (Å²) in [4.78, 5) is 8.82. The zero-order valence-corrected chi connectivity index (χ0v) is 16.0. The summed E-state index contributed by atoms with van der Waals surface area (Å²) in [6, 6.07) is 33.3. The number of hydrogen-bond acceptors (Lipinski definition) is 2. The summed E-state index contributed by atoms with van der Waals surface area (Å²) >= 11 is 0. The Morgan fingerprint density at radius 3 is 1.28 bits per heavy atom. The van der Waals surface area contributed by atoms with Gasteiger partial charge in [0.1, 0.15) is 0 Å². The van der Waals surface area contributed by atoms with E-state index >= 15 is 0 Å². The van der Waals surface area contributed by atoms with Crippen LogP contribution in [0.3, 0.4) is 0 Å². The molecule has 0 atom stereocenters. The van der Waals surface area contributed by atoms with Crippen molar-refractivity contribution in [3.8, 4) is 0 Å². The molecule has 0 aliphatic heterocycles. The number of aromatic nitrogens is 2. The number of rotatable bonds is 0. The molecule has 0 fully saturated rings. The molecular formula is C26H20BeN2. The molecule has 0 saturated heterocycles. The fraction of sp³-hybridized carbons (Fsp3) is 0. The summed E-state index contributed by atoms with van der Waals surface area (Å²) in [5, 5.41) is 7.35. The molecule has 136 valence electrons. The second-order valence-corrected chi connectivity index (χ2v) is 6.72. The molecule has 2 heterocycles. The van der Waals surface area contributed by atoms with Crippen molar-refractivity contribution in [3.63, 3.8) is 0 Å². The second-order valence-electron chi connectivity index (χ2n) is 6.72. The van der Waals surface area contributed by atoms with Gasteiger partial charge in [0, 0.05) is 33.9 Å². The van der Waals surface area contributed by atoms with Crippen LogP contribution in [0.25, 0.3) is 43.4 Å². The minimum atomic E-state index is 0. The van der Waals surface area contributed by atoms with E-state index in [1.165, 1.54) is 32.3 Å². The van der Waals surface area contributed by atoms with Gasteiger partial charge in [-0.15, -0.1) is 0 Å². The fourth-order valence-electron chi connectivity index (χ4n) is 3.63. The average Bonchev–Trinajstić information content (AvgIpc) is 2.79. The molecule has 0 radical (unpaired) electrons. The molecule has 0 spiro atoms. The van der Waals surface area contributed by atoms with Gasteiger partial charge in [-0.2, -0.15) is 0 Å². The van der Waals surface area contributed by atoms with Gasteiger partial charge in [-0.25, -0.2) is 0 Å². The standard InChI is InChI=1S/2C13H9N.Be.2H/c2*1-2-6-12-10(4-1)7-8-11-5-3-9-14-13(11)12;;;/h2*1-9H;;;/q;;+2;2*-1. The Morgan fingerprint density at radius 2 is 0.793 bits per heavy atom. The van der Waals surface area contributed by atoms with Crippen molar-refractivity contribution in [2.24, 2.45) is 0 Å². The third-order valence-electron chi connectivity index (χ3n) is 4.99. The molecular weight excluding hydrogens is 349 g/mol. The van der Waals surface area contributed by atoms with Crippen molar-refractivity contribution in [3.05, 3.63) is 109 Å². The van der Waals surface area contributed by atoms with E-state index in [9.17, 15) is 0 Å². The molecule has 0 aliphatic rings. The molecule has 6 aromatic rings. The predicted molar refractivity (Wildman–Crippen MR) is 126 cm³/mol. The van der Waals surface area contributed by atoms with Gasteiger partial charge < -0.3 is 2.85 Å². The van der Waals surface area contributed by atoms with Gasteiger partial charge in [0.15, 0.2) is 0 Å². The van der Waals surface area contributed by atoms with Crippen molar-refractivity contribution in [2.75, 3.05) is 0 Å². The number of fused-ring (bicyclic) bond motifs is 6.